The summed E-state index contributed by atoms with van der Waals surface area (Å²) in [7, 11) is 0. The van der Waals surface area contributed by atoms with Gasteiger partial charge in [0.1, 0.15) is 0 Å². The Morgan fingerprint density at radius 2 is 2.20 bits per heavy atom. The predicted molar refractivity (Wildman–Crippen MR) is 61.4 cm³/mol. The summed E-state index contributed by atoms with van der Waals surface area (Å²) in [4.78, 5) is 19.1. The first-order valence-corrected chi connectivity index (χ1v) is 5.88. The van der Waals surface area contributed by atoms with Gasteiger partial charge in [-0.15, -0.1) is 0 Å². The summed E-state index contributed by atoms with van der Waals surface area (Å²) in [5.41, 5.74) is 5.17. The van der Waals surface area contributed by atoms with Gasteiger partial charge in [-0.05, 0) is 11.8 Å². The lowest BCUT2D eigenvalue weighted by Crippen LogP contribution is -2.30. The monoisotopic (exact) mass is 226 g/mol. The van der Waals surface area contributed by atoms with Crippen molar-refractivity contribution < 1.29 is 4.79 Å². The normalized spacial score (nSPS) is 9.67. The average molecular weight is 226 g/mol. The summed E-state index contributed by atoms with van der Waals surface area (Å²) < 4.78 is 0. The summed E-state index contributed by atoms with van der Waals surface area (Å²) in [5.74, 6) is 2.21. The molecule has 0 aliphatic carbocycles. The molecule has 0 saturated carbocycles. The molecule has 0 radical (unpaired) electrons. The predicted octanol–water partition coefficient (Wildman–Crippen LogP) is 1.06. The van der Waals surface area contributed by atoms with Crippen molar-refractivity contribution in [3.63, 3.8) is 0 Å². The molecule has 1 aromatic heterocycles. The number of nitrogens with zero attached hydrogens (tertiary/aromatic N) is 2. The number of hydrazine groups is 1. The highest BCUT2D eigenvalue weighted by Gasteiger charge is 2.00. The molecule has 0 fully saturated rings. The molecule has 0 aliphatic rings. The molecule has 0 bridgehead atoms. The van der Waals surface area contributed by atoms with Crippen LogP contribution in [0.1, 0.15) is 13.3 Å². The summed E-state index contributed by atoms with van der Waals surface area (Å²) in [6.45, 7) is 2.07. The fraction of sp³-hybridized carbons (Fsp3) is 0.444. The van der Waals surface area contributed by atoms with Gasteiger partial charge >= 0.3 is 0 Å². The third-order valence-electron chi connectivity index (χ3n) is 1.56. The fourth-order valence-electron chi connectivity index (χ4n) is 0.861. The van der Waals surface area contributed by atoms with E-state index in [1.54, 1.807) is 30.2 Å². The van der Waals surface area contributed by atoms with Gasteiger partial charge in [0.2, 0.25) is 11.9 Å². The number of anilines is 1. The molecule has 1 aromatic rings. The van der Waals surface area contributed by atoms with E-state index in [1.807, 2.05) is 0 Å². The second-order valence-corrected chi connectivity index (χ2v) is 4.09. The van der Waals surface area contributed by atoms with Crippen LogP contribution in [0.15, 0.2) is 18.5 Å². The van der Waals surface area contributed by atoms with Gasteiger partial charge in [-0.1, -0.05) is 6.92 Å². The highest BCUT2D eigenvalue weighted by atomic mass is 32.2. The lowest BCUT2D eigenvalue weighted by Gasteiger charge is -2.05. The van der Waals surface area contributed by atoms with Crippen LogP contribution in [0.2, 0.25) is 0 Å². The van der Waals surface area contributed by atoms with Crippen LogP contribution in [0.25, 0.3) is 0 Å². The van der Waals surface area contributed by atoms with E-state index >= 15 is 0 Å². The van der Waals surface area contributed by atoms with E-state index in [0.29, 0.717) is 12.4 Å². The van der Waals surface area contributed by atoms with Gasteiger partial charge in [0.15, 0.2) is 0 Å². The van der Waals surface area contributed by atoms with Crippen molar-refractivity contribution in [1.29, 1.82) is 0 Å². The van der Waals surface area contributed by atoms with Crippen LogP contribution in [-0.2, 0) is 4.79 Å². The number of nitrogens with one attached hydrogen (secondary N) is 2. The second kappa shape index (κ2) is 7.05. The maximum atomic E-state index is 11.2. The van der Waals surface area contributed by atoms with Crippen LogP contribution in [0.4, 0.5) is 5.95 Å². The van der Waals surface area contributed by atoms with Crippen molar-refractivity contribution in [2.75, 3.05) is 16.9 Å². The van der Waals surface area contributed by atoms with Crippen molar-refractivity contribution in [2.45, 2.75) is 13.3 Å². The Bertz CT molecular complexity index is 293. The Balaban J connectivity index is 2.17. The molecular formula is C9H14N4OS. The zero-order valence-corrected chi connectivity index (χ0v) is 9.38. The lowest BCUT2D eigenvalue weighted by molar-refractivity contribution is -0.120. The van der Waals surface area contributed by atoms with Crippen LogP contribution < -0.4 is 10.9 Å². The van der Waals surface area contributed by atoms with Gasteiger partial charge < -0.3 is 0 Å². The SMILES string of the molecule is CCSCCC(=O)NNc1ncccn1. The van der Waals surface area contributed by atoms with Crippen molar-refractivity contribution in [2.24, 2.45) is 0 Å². The minimum absolute atomic E-state index is 0.0524. The molecule has 0 aliphatic heterocycles. The molecule has 0 unspecified atom stereocenters. The van der Waals surface area contributed by atoms with Gasteiger partial charge in [-0.3, -0.25) is 15.6 Å². The highest BCUT2D eigenvalue weighted by Crippen LogP contribution is 2.00. The molecule has 5 nitrogen and oxygen atoms in total. The fourth-order valence-corrected chi connectivity index (χ4v) is 1.48. The van der Waals surface area contributed by atoms with Crippen molar-refractivity contribution in [1.82, 2.24) is 15.4 Å². The number of amides is 1. The summed E-state index contributed by atoms with van der Waals surface area (Å²) in [6, 6.07) is 1.71. The molecule has 0 aromatic carbocycles. The molecule has 1 rings (SSSR count). The van der Waals surface area contributed by atoms with E-state index in [9.17, 15) is 4.79 Å². The Morgan fingerprint density at radius 1 is 1.47 bits per heavy atom. The molecular weight excluding hydrogens is 212 g/mol. The molecule has 1 heterocycles. The standard InChI is InChI=1S/C9H14N4OS/c1-2-15-7-4-8(14)12-13-9-10-5-3-6-11-9/h3,5-6H,2,4,7H2,1H3,(H,12,14)(H,10,11,13). The number of rotatable bonds is 6. The van der Waals surface area contributed by atoms with Crippen molar-refractivity contribution in [3.05, 3.63) is 18.5 Å². The third kappa shape index (κ3) is 5.21. The Kier molecular flexibility index (Phi) is 5.54. The van der Waals surface area contributed by atoms with Crippen LogP contribution in [0.3, 0.4) is 0 Å². The minimum Gasteiger partial charge on any atom is -0.273 e. The van der Waals surface area contributed by atoms with Crippen molar-refractivity contribution in [3.8, 4) is 0 Å². The molecule has 0 atom stereocenters. The first-order chi connectivity index (χ1) is 7.33. The maximum absolute atomic E-state index is 11.2. The lowest BCUT2D eigenvalue weighted by atomic mass is 10.5. The maximum Gasteiger partial charge on any atom is 0.241 e. The Morgan fingerprint density at radius 3 is 2.87 bits per heavy atom. The van der Waals surface area contributed by atoms with Crippen LogP contribution in [-0.4, -0.2) is 27.4 Å². The quantitative estimate of drug-likeness (QED) is 0.561. The average Bonchev–Trinajstić information content (AvgIpc) is 2.28. The van der Waals surface area contributed by atoms with E-state index in [2.05, 4.69) is 27.7 Å². The Labute approximate surface area is 93.0 Å². The Hall–Kier alpha value is -1.30. The third-order valence-corrected chi connectivity index (χ3v) is 2.46. The zero-order chi connectivity index (χ0) is 10.9. The van der Waals surface area contributed by atoms with Crippen LogP contribution in [0.5, 0.6) is 0 Å². The minimum atomic E-state index is -0.0524. The van der Waals surface area contributed by atoms with E-state index in [4.69, 9.17) is 0 Å². The molecule has 1 amide bonds. The summed E-state index contributed by atoms with van der Waals surface area (Å²) >= 11 is 1.74. The molecule has 15 heavy (non-hydrogen) atoms. The topological polar surface area (TPSA) is 66.9 Å². The first kappa shape index (κ1) is 11.8. The van der Waals surface area contributed by atoms with Crippen molar-refractivity contribution >= 4 is 23.6 Å². The number of hydrogen-bond donors (Lipinski definition) is 2. The second-order valence-electron chi connectivity index (χ2n) is 2.69. The smallest absolute Gasteiger partial charge is 0.241 e. The molecule has 0 saturated heterocycles. The van der Waals surface area contributed by atoms with Gasteiger partial charge in [-0.25, -0.2) is 9.97 Å². The van der Waals surface area contributed by atoms with Gasteiger partial charge in [0.05, 0.1) is 0 Å². The van der Waals surface area contributed by atoms with E-state index in [0.717, 1.165) is 11.5 Å². The van der Waals surface area contributed by atoms with Gasteiger partial charge in [0, 0.05) is 24.6 Å². The van der Waals surface area contributed by atoms with E-state index in [1.165, 1.54) is 0 Å². The number of carbonyl (C=O) groups excluding carboxylic acids is 1. The number of hydrogen-bond acceptors (Lipinski definition) is 5. The number of thioether (sulfide) groups is 1. The van der Waals surface area contributed by atoms with Crippen LogP contribution >= 0.6 is 11.8 Å². The summed E-state index contributed by atoms with van der Waals surface area (Å²) in [6.07, 6.45) is 3.71. The molecule has 82 valence electrons. The molecule has 6 heteroatoms. The molecule has 2 N–H and O–H groups in total. The van der Waals surface area contributed by atoms with E-state index < -0.39 is 0 Å². The molecule has 0 spiro atoms. The van der Waals surface area contributed by atoms with E-state index in [-0.39, 0.29) is 5.91 Å². The first-order valence-electron chi connectivity index (χ1n) is 4.72. The summed E-state index contributed by atoms with van der Waals surface area (Å²) in [5, 5.41) is 0. The number of aromatic nitrogens is 2. The highest BCUT2D eigenvalue weighted by molar-refractivity contribution is 7.99. The zero-order valence-electron chi connectivity index (χ0n) is 8.56. The van der Waals surface area contributed by atoms with Gasteiger partial charge in [0.25, 0.3) is 0 Å². The number of carbonyl (C=O) groups is 1. The largest absolute Gasteiger partial charge is 0.273 e. The van der Waals surface area contributed by atoms with Gasteiger partial charge in [-0.2, -0.15) is 11.8 Å². The van der Waals surface area contributed by atoms with Crippen LogP contribution in [0, 0.1) is 0 Å².